The van der Waals surface area contributed by atoms with Crippen LogP contribution in [0.2, 0.25) is 5.02 Å². The van der Waals surface area contributed by atoms with Gasteiger partial charge in [0.2, 0.25) is 5.91 Å². The Bertz CT molecular complexity index is 625. The third kappa shape index (κ3) is 2.47. The summed E-state index contributed by atoms with van der Waals surface area (Å²) in [5, 5.41) is 12.8. The first-order valence-corrected chi connectivity index (χ1v) is 6.75. The van der Waals surface area contributed by atoms with Crippen molar-refractivity contribution in [2.24, 2.45) is 5.10 Å². The second kappa shape index (κ2) is 5.02. The second-order valence-corrected chi connectivity index (χ2v) is 5.10. The van der Waals surface area contributed by atoms with Crippen molar-refractivity contribution in [2.75, 3.05) is 10.7 Å². The van der Waals surface area contributed by atoms with E-state index in [1.54, 1.807) is 29.2 Å². The highest BCUT2D eigenvalue weighted by atomic mass is 35.5. The largest absolute Gasteiger partial charge is 0.273 e. The smallest absolute Gasteiger partial charge is 0.243 e. The van der Waals surface area contributed by atoms with E-state index in [0.29, 0.717) is 15.9 Å². The van der Waals surface area contributed by atoms with Gasteiger partial charge in [-0.2, -0.15) is 0 Å². The number of amidine groups is 1. The van der Waals surface area contributed by atoms with Gasteiger partial charge in [-0.25, -0.2) is 4.68 Å². The summed E-state index contributed by atoms with van der Waals surface area (Å²) < 4.78 is 1.46. The number of thioether (sulfide) groups is 1. The first-order chi connectivity index (χ1) is 9.24. The van der Waals surface area contributed by atoms with Gasteiger partial charge < -0.3 is 0 Å². The van der Waals surface area contributed by atoms with Crippen molar-refractivity contribution >= 4 is 40.1 Å². The molecule has 0 aliphatic carbocycles. The van der Waals surface area contributed by atoms with Gasteiger partial charge >= 0.3 is 0 Å². The van der Waals surface area contributed by atoms with Crippen molar-refractivity contribution in [2.45, 2.75) is 0 Å². The summed E-state index contributed by atoms with van der Waals surface area (Å²) in [7, 11) is 0. The number of aromatic nitrogens is 3. The molecule has 1 aromatic heterocycles. The molecule has 0 atom stereocenters. The Hall–Kier alpha value is -1.86. The van der Waals surface area contributed by atoms with Gasteiger partial charge in [0.25, 0.3) is 0 Å². The molecule has 1 aliphatic rings. The van der Waals surface area contributed by atoms with Crippen molar-refractivity contribution < 1.29 is 4.79 Å². The first kappa shape index (κ1) is 12.2. The standard InChI is InChI=1S/C11H8ClN5OS/c12-8-1-3-9(4-2-8)17-10(18)5-19-11(17)15-16-6-13-14-7-16/h1-4,6-7H,5H2/b15-11-. The molecule has 2 aromatic rings. The summed E-state index contributed by atoms with van der Waals surface area (Å²) in [6.45, 7) is 0. The molecule has 19 heavy (non-hydrogen) atoms. The molecule has 1 aromatic carbocycles. The fourth-order valence-corrected chi connectivity index (χ4v) is 2.62. The molecule has 0 N–H and O–H groups in total. The van der Waals surface area contributed by atoms with Crippen LogP contribution in [0.25, 0.3) is 0 Å². The summed E-state index contributed by atoms with van der Waals surface area (Å²) in [5.74, 6) is 0.350. The van der Waals surface area contributed by atoms with Crippen LogP contribution in [0.15, 0.2) is 42.0 Å². The molecule has 8 heteroatoms. The van der Waals surface area contributed by atoms with E-state index in [4.69, 9.17) is 11.6 Å². The molecular weight excluding hydrogens is 286 g/mol. The van der Waals surface area contributed by atoms with Crippen LogP contribution in [0, 0.1) is 0 Å². The molecule has 0 bridgehead atoms. The van der Waals surface area contributed by atoms with Crippen molar-refractivity contribution in [3.63, 3.8) is 0 Å². The van der Waals surface area contributed by atoms with Crippen molar-refractivity contribution in [1.82, 2.24) is 14.9 Å². The molecule has 0 unspecified atom stereocenters. The number of nitrogens with zero attached hydrogens (tertiary/aromatic N) is 5. The Labute approximate surface area is 118 Å². The maximum atomic E-state index is 11.9. The summed E-state index contributed by atoms with van der Waals surface area (Å²) >= 11 is 7.22. The van der Waals surface area contributed by atoms with Gasteiger partial charge in [-0.1, -0.05) is 23.4 Å². The summed E-state index contributed by atoms with van der Waals surface area (Å²) in [4.78, 5) is 13.5. The SMILES string of the molecule is O=C1CS/C(=N\n2cnnc2)N1c1ccc(Cl)cc1. The fourth-order valence-electron chi connectivity index (χ4n) is 1.63. The van der Waals surface area contributed by atoms with E-state index >= 15 is 0 Å². The van der Waals surface area contributed by atoms with E-state index in [0.717, 1.165) is 5.69 Å². The lowest BCUT2D eigenvalue weighted by molar-refractivity contribution is -0.115. The average molecular weight is 294 g/mol. The molecule has 3 rings (SSSR count). The van der Waals surface area contributed by atoms with E-state index < -0.39 is 0 Å². The molecule has 6 nitrogen and oxygen atoms in total. The minimum atomic E-state index is -0.0147. The van der Waals surface area contributed by atoms with Crippen LogP contribution in [0.3, 0.4) is 0 Å². The number of carbonyl (C=O) groups is 1. The Balaban J connectivity index is 1.97. The zero-order chi connectivity index (χ0) is 13.2. The maximum absolute atomic E-state index is 11.9. The molecular formula is C11H8ClN5OS. The zero-order valence-corrected chi connectivity index (χ0v) is 11.2. The maximum Gasteiger partial charge on any atom is 0.243 e. The van der Waals surface area contributed by atoms with E-state index in [1.165, 1.54) is 29.1 Å². The highest BCUT2D eigenvalue weighted by Crippen LogP contribution is 2.27. The van der Waals surface area contributed by atoms with Crippen molar-refractivity contribution in [3.05, 3.63) is 41.9 Å². The number of halogens is 1. The summed E-state index contributed by atoms with van der Waals surface area (Å²) in [6, 6.07) is 7.05. The molecule has 96 valence electrons. The molecule has 0 spiro atoms. The number of anilines is 1. The van der Waals surface area contributed by atoms with Crippen LogP contribution in [0.1, 0.15) is 0 Å². The number of rotatable bonds is 2. The van der Waals surface area contributed by atoms with Gasteiger partial charge in [0.05, 0.1) is 11.4 Å². The van der Waals surface area contributed by atoms with Gasteiger partial charge in [0.1, 0.15) is 12.7 Å². The monoisotopic (exact) mass is 293 g/mol. The summed E-state index contributed by atoms with van der Waals surface area (Å²) in [5.41, 5.74) is 0.742. The molecule has 1 aliphatic heterocycles. The predicted octanol–water partition coefficient (Wildman–Crippen LogP) is 1.83. The average Bonchev–Trinajstić information content (AvgIpc) is 3.02. The lowest BCUT2D eigenvalue weighted by atomic mass is 10.3. The van der Waals surface area contributed by atoms with Gasteiger partial charge in [0, 0.05) is 5.02 Å². The van der Waals surface area contributed by atoms with Crippen LogP contribution in [-0.2, 0) is 4.79 Å². The fraction of sp³-hybridized carbons (Fsp3) is 0.0909. The van der Waals surface area contributed by atoms with E-state index in [1.807, 2.05) is 0 Å². The Kier molecular flexibility index (Phi) is 3.22. The number of hydrogen-bond donors (Lipinski definition) is 0. The highest BCUT2D eigenvalue weighted by molar-refractivity contribution is 8.15. The Morgan fingerprint density at radius 1 is 1.21 bits per heavy atom. The molecule has 0 radical (unpaired) electrons. The van der Waals surface area contributed by atoms with Gasteiger partial charge in [-0.3, -0.25) is 9.69 Å². The van der Waals surface area contributed by atoms with Crippen LogP contribution < -0.4 is 4.90 Å². The third-order valence-corrected chi connectivity index (χ3v) is 3.62. The molecule has 1 amide bonds. The van der Waals surface area contributed by atoms with Crippen LogP contribution in [-0.4, -0.2) is 31.7 Å². The quantitative estimate of drug-likeness (QED) is 0.847. The number of benzene rings is 1. The van der Waals surface area contributed by atoms with Crippen molar-refractivity contribution in [3.8, 4) is 0 Å². The third-order valence-electron chi connectivity index (χ3n) is 2.46. The zero-order valence-electron chi connectivity index (χ0n) is 9.60. The van der Waals surface area contributed by atoms with E-state index in [2.05, 4.69) is 15.3 Å². The van der Waals surface area contributed by atoms with Crippen molar-refractivity contribution in [1.29, 1.82) is 0 Å². The summed E-state index contributed by atoms with van der Waals surface area (Å²) in [6.07, 6.45) is 2.94. The van der Waals surface area contributed by atoms with Gasteiger partial charge in [-0.15, -0.1) is 15.3 Å². The minimum absolute atomic E-state index is 0.0147. The highest BCUT2D eigenvalue weighted by Gasteiger charge is 2.30. The lowest BCUT2D eigenvalue weighted by Crippen LogP contribution is -2.29. The van der Waals surface area contributed by atoms with Gasteiger partial charge in [-0.05, 0) is 24.3 Å². The predicted molar refractivity (Wildman–Crippen MR) is 74.3 cm³/mol. The molecule has 1 fully saturated rings. The number of hydrogen-bond acceptors (Lipinski definition) is 5. The topological polar surface area (TPSA) is 63.4 Å². The van der Waals surface area contributed by atoms with Crippen LogP contribution in [0.4, 0.5) is 5.69 Å². The Morgan fingerprint density at radius 2 is 1.89 bits per heavy atom. The van der Waals surface area contributed by atoms with Gasteiger partial charge in [0.15, 0.2) is 5.17 Å². The molecule has 1 saturated heterocycles. The van der Waals surface area contributed by atoms with Crippen LogP contribution in [0.5, 0.6) is 0 Å². The molecule has 0 saturated carbocycles. The second-order valence-electron chi connectivity index (χ2n) is 3.72. The van der Waals surface area contributed by atoms with E-state index in [-0.39, 0.29) is 5.91 Å². The Morgan fingerprint density at radius 3 is 2.58 bits per heavy atom. The van der Waals surface area contributed by atoms with E-state index in [9.17, 15) is 4.79 Å². The molecule has 2 heterocycles. The first-order valence-electron chi connectivity index (χ1n) is 5.39. The number of carbonyl (C=O) groups excluding carboxylic acids is 1. The normalized spacial score (nSPS) is 17.4. The van der Waals surface area contributed by atoms with Crippen LogP contribution >= 0.6 is 23.4 Å². The lowest BCUT2D eigenvalue weighted by Gasteiger charge is -2.15. The number of amides is 1. The minimum Gasteiger partial charge on any atom is -0.273 e.